The van der Waals surface area contributed by atoms with Crippen molar-refractivity contribution in [3.8, 4) is 5.69 Å². The van der Waals surface area contributed by atoms with Crippen LogP contribution in [0.2, 0.25) is 0 Å². The summed E-state index contributed by atoms with van der Waals surface area (Å²) in [7, 11) is 1.73. The van der Waals surface area contributed by atoms with Crippen molar-refractivity contribution < 1.29 is 18.0 Å². The van der Waals surface area contributed by atoms with Crippen LogP contribution in [0.3, 0.4) is 0 Å². The molecule has 1 aromatic carbocycles. The van der Waals surface area contributed by atoms with Gasteiger partial charge < -0.3 is 4.90 Å². The molecule has 0 bridgehead atoms. The van der Waals surface area contributed by atoms with Crippen molar-refractivity contribution in [1.82, 2.24) is 14.7 Å². The van der Waals surface area contributed by atoms with Crippen LogP contribution in [0, 0.1) is 12.8 Å². The minimum absolute atomic E-state index is 0.0545. The predicted octanol–water partition coefficient (Wildman–Crippen LogP) is 4.71. The Morgan fingerprint density at radius 3 is 2.50 bits per heavy atom. The monoisotopic (exact) mass is 367 g/mol. The third kappa shape index (κ3) is 4.26. The highest BCUT2D eigenvalue weighted by atomic mass is 19.4. The fourth-order valence-corrected chi connectivity index (χ4v) is 2.92. The van der Waals surface area contributed by atoms with E-state index in [-0.39, 0.29) is 17.6 Å². The van der Waals surface area contributed by atoms with Crippen molar-refractivity contribution >= 4 is 5.91 Å². The van der Waals surface area contributed by atoms with Gasteiger partial charge in [-0.1, -0.05) is 19.9 Å². The van der Waals surface area contributed by atoms with Crippen LogP contribution in [0.4, 0.5) is 13.2 Å². The van der Waals surface area contributed by atoms with Gasteiger partial charge in [0.25, 0.3) is 5.91 Å². The van der Waals surface area contributed by atoms with E-state index < -0.39 is 11.7 Å². The Hall–Kier alpha value is -2.31. The number of halogens is 3. The Balaban J connectivity index is 2.32. The Morgan fingerprint density at radius 1 is 1.27 bits per heavy atom. The van der Waals surface area contributed by atoms with Crippen LogP contribution in [-0.2, 0) is 6.18 Å². The lowest BCUT2D eigenvalue weighted by Crippen LogP contribution is -2.36. The van der Waals surface area contributed by atoms with Gasteiger partial charge in [0.1, 0.15) is 0 Å². The van der Waals surface area contributed by atoms with Crippen LogP contribution in [0.15, 0.2) is 30.5 Å². The quantitative estimate of drug-likeness (QED) is 0.768. The number of rotatable bonds is 5. The van der Waals surface area contributed by atoms with Gasteiger partial charge in [0, 0.05) is 13.1 Å². The molecule has 0 N–H and O–H groups in total. The van der Waals surface area contributed by atoms with E-state index in [0.717, 1.165) is 18.6 Å². The number of alkyl halides is 3. The molecule has 2 rings (SSSR count). The van der Waals surface area contributed by atoms with E-state index in [9.17, 15) is 18.0 Å². The summed E-state index contributed by atoms with van der Waals surface area (Å²) < 4.78 is 40.1. The van der Waals surface area contributed by atoms with E-state index in [1.807, 2.05) is 6.92 Å². The molecule has 1 aromatic heterocycles. The summed E-state index contributed by atoms with van der Waals surface area (Å²) in [6, 6.07) is 4.96. The molecule has 0 saturated carbocycles. The third-order valence-corrected chi connectivity index (χ3v) is 4.45. The zero-order valence-electron chi connectivity index (χ0n) is 15.6. The zero-order chi connectivity index (χ0) is 19.6. The molecular formula is C19H24F3N3O. The minimum Gasteiger partial charge on any atom is -0.339 e. The lowest BCUT2D eigenvalue weighted by Gasteiger charge is -2.26. The van der Waals surface area contributed by atoms with Crippen molar-refractivity contribution in [2.75, 3.05) is 7.05 Å². The number of aromatic nitrogens is 2. The maximum absolute atomic E-state index is 12.9. The first kappa shape index (κ1) is 20.0. The molecule has 1 unspecified atom stereocenters. The number of carbonyl (C=O) groups is 1. The van der Waals surface area contributed by atoms with Gasteiger partial charge in [-0.2, -0.15) is 18.3 Å². The fourth-order valence-electron chi connectivity index (χ4n) is 2.92. The van der Waals surface area contributed by atoms with E-state index in [2.05, 4.69) is 18.9 Å². The first-order valence-corrected chi connectivity index (χ1v) is 8.51. The molecule has 7 heteroatoms. The first-order valence-electron chi connectivity index (χ1n) is 8.51. The predicted molar refractivity (Wildman–Crippen MR) is 94.3 cm³/mol. The lowest BCUT2D eigenvalue weighted by molar-refractivity contribution is -0.137. The highest BCUT2D eigenvalue weighted by molar-refractivity contribution is 5.95. The Morgan fingerprint density at radius 2 is 1.92 bits per heavy atom. The summed E-state index contributed by atoms with van der Waals surface area (Å²) in [6.07, 6.45) is -2.15. The summed E-state index contributed by atoms with van der Waals surface area (Å²) in [5.74, 6) is 0.267. The molecular weight excluding hydrogens is 343 g/mol. The average molecular weight is 367 g/mol. The summed E-state index contributed by atoms with van der Waals surface area (Å²) >= 11 is 0. The first-order chi connectivity index (χ1) is 12.0. The summed E-state index contributed by atoms with van der Waals surface area (Å²) in [4.78, 5) is 14.4. The molecule has 0 fully saturated rings. The topological polar surface area (TPSA) is 38.1 Å². The van der Waals surface area contributed by atoms with E-state index in [1.54, 1.807) is 18.9 Å². The molecule has 1 heterocycles. The van der Waals surface area contributed by atoms with Crippen LogP contribution in [0.5, 0.6) is 0 Å². The number of hydrogen-bond acceptors (Lipinski definition) is 2. The normalized spacial score (nSPS) is 13.1. The SMILES string of the molecule is Cc1c(C(=O)N(C)C(C)CC(C)C)cnn1-c1cccc(C(F)(F)F)c1. The molecule has 4 nitrogen and oxygen atoms in total. The molecule has 1 amide bonds. The van der Waals surface area contributed by atoms with E-state index in [1.165, 1.54) is 23.0 Å². The van der Waals surface area contributed by atoms with E-state index >= 15 is 0 Å². The maximum atomic E-state index is 12.9. The van der Waals surface area contributed by atoms with Gasteiger partial charge in [-0.25, -0.2) is 4.68 Å². The smallest absolute Gasteiger partial charge is 0.339 e. The summed E-state index contributed by atoms with van der Waals surface area (Å²) in [5, 5.41) is 4.13. The van der Waals surface area contributed by atoms with Gasteiger partial charge >= 0.3 is 6.18 Å². The second kappa shape index (κ2) is 7.51. The van der Waals surface area contributed by atoms with Crippen molar-refractivity contribution in [2.45, 2.75) is 46.3 Å². The van der Waals surface area contributed by atoms with Crippen LogP contribution in [-0.4, -0.2) is 33.7 Å². The molecule has 0 saturated heterocycles. The van der Waals surface area contributed by atoms with Crippen LogP contribution >= 0.6 is 0 Å². The summed E-state index contributed by atoms with van der Waals surface area (Å²) in [5.41, 5.74) is 0.424. The van der Waals surface area contributed by atoms with E-state index in [0.29, 0.717) is 17.2 Å². The number of amides is 1. The largest absolute Gasteiger partial charge is 0.416 e. The van der Waals surface area contributed by atoms with Crippen molar-refractivity contribution in [3.63, 3.8) is 0 Å². The molecule has 0 aliphatic rings. The Kier molecular flexibility index (Phi) is 5.78. The molecule has 0 spiro atoms. The number of nitrogens with zero attached hydrogens (tertiary/aromatic N) is 3. The molecule has 2 aromatic rings. The Labute approximate surface area is 151 Å². The summed E-state index contributed by atoms with van der Waals surface area (Å²) in [6.45, 7) is 7.84. The molecule has 0 aliphatic carbocycles. The van der Waals surface area contributed by atoms with Gasteiger partial charge in [-0.3, -0.25) is 4.79 Å². The molecule has 0 radical (unpaired) electrons. The van der Waals surface area contributed by atoms with E-state index in [4.69, 9.17) is 0 Å². The zero-order valence-corrected chi connectivity index (χ0v) is 15.6. The number of carbonyl (C=O) groups excluding carboxylic acids is 1. The lowest BCUT2D eigenvalue weighted by atomic mass is 10.0. The average Bonchev–Trinajstić information content (AvgIpc) is 2.93. The van der Waals surface area contributed by atoms with Gasteiger partial charge in [-0.15, -0.1) is 0 Å². The number of hydrogen-bond donors (Lipinski definition) is 0. The van der Waals surface area contributed by atoms with Gasteiger partial charge in [0.05, 0.1) is 28.7 Å². The van der Waals surface area contributed by atoms with Gasteiger partial charge in [-0.05, 0) is 44.4 Å². The highest BCUT2D eigenvalue weighted by Gasteiger charge is 2.31. The number of benzene rings is 1. The second-order valence-electron chi connectivity index (χ2n) is 7.00. The Bertz CT molecular complexity index is 781. The van der Waals surface area contributed by atoms with Crippen LogP contribution < -0.4 is 0 Å². The van der Waals surface area contributed by atoms with Crippen LogP contribution in [0.1, 0.15) is 48.8 Å². The third-order valence-electron chi connectivity index (χ3n) is 4.45. The molecule has 1 atom stereocenters. The van der Waals surface area contributed by atoms with Crippen molar-refractivity contribution in [3.05, 3.63) is 47.3 Å². The highest BCUT2D eigenvalue weighted by Crippen LogP contribution is 2.30. The van der Waals surface area contributed by atoms with Gasteiger partial charge in [0.2, 0.25) is 0 Å². The van der Waals surface area contributed by atoms with Gasteiger partial charge in [0.15, 0.2) is 0 Å². The van der Waals surface area contributed by atoms with Crippen molar-refractivity contribution in [1.29, 1.82) is 0 Å². The van der Waals surface area contributed by atoms with Crippen molar-refractivity contribution in [2.24, 2.45) is 5.92 Å². The second-order valence-corrected chi connectivity index (χ2v) is 7.00. The van der Waals surface area contributed by atoms with Crippen LogP contribution in [0.25, 0.3) is 5.69 Å². The standard InChI is InChI=1S/C19H24F3N3O/c1-12(2)9-13(3)24(5)18(26)17-11-23-25(14(17)4)16-8-6-7-15(10-16)19(20,21)22/h6-8,10-13H,9H2,1-5H3. The molecule has 0 aliphatic heterocycles. The molecule has 142 valence electrons. The fraction of sp³-hybridized carbons (Fsp3) is 0.474. The molecule has 26 heavy (non-hydrogen) atoms. The minimum atomic E-state index is -4.43. The maximum Gasteiger partial charge on any atom is 0.416 e.